The lowest BCUT2D eigenvalue weighted by Gasteiger charge is -2.22. The summed E-state index contributed by atoms with van der Waals surface area (Å²) in [6.07, 6.45) is 3.37. The van der Waals surface area contributed by atoms with Gasteiger partial charge in [-0.15, -0.1) is 10.2 Å². The van der Waals surface area contributed by atoms with Gasteiger partial charge in [-0.2, -0.15) is 0 Å². The molecule has 1 N–H and O–H groups in total. The number of hydrogen-bond donors (Lipinski definition) is 1. The van der Waals surface area contributed by atoms with Crippen LogP contribution in [0.5, 0.6) is 0 Å². The fourth-order valence-corrected chi connectivity index (χ4v) is 2.40. The molecule has 1 unspecified atom stereocenters. The maximum atomic E-state index is 12.1. The number of aryl methyl sites for hydroxylation is 1. The minimum Gasteiger partial charge on any atom is -0.352 e. The number of fused-ring (bicyclic) bond motifs is 1. The standard InChI is InChI=1S/C14H16N4O/c19-14(15-8-11-4-2-1-3-5-11)12-6-7-13-17-16-10-18(13)9-12/h1-5,10,12H,6-9H2,(H,15,19). The average molecular weight is 256 g/mol. The van der Waals surface area contributed by atoms with Gasteiger partial charge >= 0.3 is 0 Å². The van der Waals surface area contributed by atoms with Crippen molar-refractivity contribution in [2.45, 2.75) is 25.9 Å². The Kier molecular flexibility index (Phi) is 3.27. The summed E-state index contributed by atoms with van der Waals surface area (Å²) in [6, 6.07) is 9.95. The molecule has 19 heavy (non-hydrogen) atoms. The lowest BCUT2D eigenvalue weighted by atomic mass is 9.98. The molecular weight excluding hydrogens is 240 g/mol. The number of carbonyl (C=O) groups excluding carboxylic acids is 1. The Hall–Kier alpha value is -2.17. The minimum atomic E-state index is 0.0206. The number of amides is 1. The first-order chi connectivity index (χ1) is 9.33. The summed E-state index contributed by atoms with van der Waals surface area (Å²) in [6.45, 7) is 1.27. The largest absolute Gasteiger partial charge is 0.352 e. The van der Waals surface area contributed by atoms with Crippen LogP contribution in [0.4, 0.5) is 0 Å². The Morgan fingerprint density at radius 3 is 3.05 bits per heavy atom. The highest BCUT2D eigenvalue weighted by Gasteiger charge is 2.25. The van der Waals surface area contributed by atoms with Crippen molar-refractivity contribution < 1.29 is 4.79 Å². The Morgan fingerprint density at radius 2 is 2.21 bits per heavy atom. The lowest BCUT2D eigenvalue weighted by Crippen LogP contribution is -2.35. The highest BCUT2D eigenvalue weighted by Crippen LogP contribution is 2.18. The highest BCUT2D eigenvalue weighted by atomic mass is 16.1. The molecule has 1 aliphatic heterocycles. The molecule has 2 heterocycles. The van der Waals surface area contributed by atoms with Gasteiger partial charge in [0.25, 0.3) is 0 Å². The van der Waals surface area contributed by atoms with Gasteiger partial charge in [0.1, 0.15) is 12.2 Å². The van der Waals surface area contributed by atoms with Gasteiger partial charge in [-0.25, -0.2) is 0 Å². The van der Waals surface area contributed by atoms with Crippen molar-refractivity contribution in [2.75, 3.05) is 0 Å². The van der Waals surface area contributed by atoms with E-state index < -0.39 is 0 Å². The van der Waals surface area contributed by atoms with E-state index in [0.29, 0.717) is 13.1 Å². The van der Waals surface area contributed by atoms with Crippen LogP contribution in [0.15, 0.2) is 36.7 Å². The molecule has 0 spiro atoms. The molecule has 5 heteroatoms. The summed E-state index contributed by atoms with van der Waals surface area (Å²) in [4.78, 5) is 12.1. The van der Waals surface area contributed by atoms with Crippen LogP contribution in [0.1, 0.15) is 17.8 Å². The van der Waals surface area contributed by atoms with Gasteiger partial charge in [-0.1, -0.05) is 30.3 Å². The third-order valence-corrected chi connectivity index (χ3v) is 3.51. The molecule has 5 nitrogen and oxygen atoms in total. The molecule has 1 aliphatic rings. The number of nitrogens with one attached hydrogen (secondary N) is 1. The molecule has 0 aliphatic carbocycles. The maximum Gasteiger partial charge on any atom is 0.225 e. The number of rotatable bonds is 3. The molecule has 1 aromatic carbocycles. The average Bonchev–Trinajstić information content (AvgIpc) is 2.93. The van der Waals surface area contributed by atoms with Gasteiger partial charge in [0.05, 0.1) is 5.92 Å². The van der Waals surface area contributed by atoms with E-state index in [1.165, 1.54) is 0 Å². The van der Waals surface area contributed by atoms with Crippen LogP contribution in [0, 0.1) is 5.92 Å². The Balaban J connectivity index is 1.57. The fourth-order valence-electron chi connectivity index (χ4n) is 2.40. The van der Waals surface area contributed by atoms with Crippen molar-refractivity contribution >= 4 is 5.91 Å². The Bertz CT molecular complexity index is 564. The summed E-state index contributed by atoms with van der Waals surface area (Å²) in [5, 5.41) is 10.9. The van der Waals surface area contributed by atoms with Crippen LogP contribution in [0.25, 0.3) is 0 Å². The summed E-state index contributed by atoms with van der Waals surface area (Å²) >= 11 is 0. The van der Waals surface area contributed by atoms with E-state index in [9.17, 15) is 4.79 Å². The molecular formula is C14H16N4O. The zero-order valence-corrected chi connectivity index (χ0v) is 10.6. The van der Waals surface area contributed by atoms with E-state index in [1.54, 1.807) is 6.33 Å². The smallest absolute Gasteiger partial charge is 0.225 e. The molecule has 2 aromatic rings. The number of aromatic nitrogens is 3. The Labute approximate surface area is 111 Å². The predicted octanol–water partition coefficient (Wildman–Crippen LogP) is 1.16. The van der Waals surface area contributed by atoms with E-state index in [0.717, 1.165) is 24.2 Å². The first kappa shape index (κ1) is 11.9. The van der Waals surface area contributed by atoms with Gasteiger partial charge in [0.2, 0.25) is 5.91 Å². The van der Waals surface area contributed by atoms with Crippen LogP contribution >= 0.6 is 0 Å². The van der Waals surface area contributed by atoms with E-state index >= 15 is 0 Å². The number of hydrogen-bond acceptors (Lipinski definition) is 3. The van der Waals surface area contributed by atoms with Crippen LogP contribution in [-0.2, 0) is 24.3 Å². The Morgan fingerprint density at radius 1 is 1.37 bits per heavy atom. The molecule has 0 fully saturated rings. The van der Waals surface area contributed by atoms with Gasteiger partial charge in [-0.3, -0.25) is 4.79 Å². The quantitative estimate of drug-likeness (QED) is 0.896. The summed E-state index contributed by atoms with van der Waals surface area (Å²) in [7, 11) is 0. The van der Waals surface area contributed by atoms with Crippen molar-refractivity contribution in [3.8, 4) is 0 Å². The number of benzene rings is 1. The zero-order chi connectivity index (χ0) is 13.1. The molecule has 0 bridgehead atoms. The van der Waals surface area contributed by atoms with Crippen LogP contribution in [0.2, 0.25) is 0 Å². The van der Waals surface area contributed by atoms with Crippen molar-refractivity contribution in [3.05, 3.63) is 48.0 Å². The van der Waals surface area contributed by atoms with Crippen molar-refractivity contribution in [1.82, 2.24) is 20.1 Å². The van der Waals surface area contributed by atoms with Gasteiger partial charge in [0.15, 0.2) is 0 Å². The van der Waals surface area contributed by atoms with E-state index in [2.05, 4.69) is 15.5 Å². The van der Waals surface area contributed by atoms with Crippen molar-refractivity contribution in [3.63, 3.8) is 0 Å². The van der Waals surface area contributed by atoms with Crippen LogP contribution in [-0.4, -0.2) is 20.7 Å². The third kappa shape index (κ3) is 2.65. The lowest BCUT2D eigenvalue weighted by molar-refractivity contribution is -0.126. The molecule has 1 amide bonds. The van der Waals surface area contributed by atoms with E-state index in [4.69, 9.17) is 0 Å². The monoisotopic (exact) mass is 256 g/mol. The maximum absolute atomic E-state index is 12.1. The highest BCUT2D eigenvalue weighted by molar-refractivity contribution is 5.78. The zero-order valence-electron chi connectivity index (χ0n) is 10.6. The van der Waals surface area contributed by atoms with Crippen LogP contribution < -0.4 is 5.32 Å². The molecule has 98 valence electrons. The summed E-state index contributed by atoms with van der Waals surface area (Å²) in [5.41, 5.74) is 1.12. The van der Waals surface area contributed by atoms with Crippen molar-refractivity contribution in [2.24, 2.45) is 5.92 Å². The van der Waals surface area contributed by atoms with Gasteiger partial charge in [-0.05, 0) is 12.0 Å². The van der Waals surface area contributed by atoms with Crippen molar-refractivity contribution in [1.29, 1.82) is 0 Å². The van der Waals surface area contributed by atoms with E-state index in [1.807, 2.05) is 34.9 Å². The predicted molar refractivity (Wildman–Crippen MR) is 70.1 cm³/mol. The van der Waals surface area contributed by atoms with E-state index in [-0.39, 0.29) is 11.8 Å². The molecule has 0 radical (unpaired) electrons. The second-order valence-electron chi connectivity index (χ2n) is 4.84. The third-order valence-electron chi connectivity index (χ3n) is 3.51. The van der Waals surface area contributed by atoms with Gasteiger partial charge in [0, 0.05) is 19.5 Å². The molecule has 3 rings (SSSR count). The molecule has 0 saturated heterocycles. The second kappa shape index (κ2) is 5.22. The number of nitrogens with zero attached hydrogens (tertiary/aromatic N) is 3. The van der Waals surface area contributed by atoms with Crippen LogP contribution in [0.3, 0.4) is 0 Å². The minimum absolute atomic E-state index is 0.0206. The first-order valence-corrected chi connectivity index (χ1v) is 6.51. The summed E-state index contributed by atoms with van der Waals surface area (Å²) < 4.78 is 1.97. The topological polar surface area (TPSA) is 59.8 Å². The normalized spacial score (nSPS) is 17.8. The molecule has 1 aromatic heterocycles. The molecule has 1 atom stereocenters. The number of carbonyl (C=O) groups is 1. The second-order valence-corrected chi connectivity index (χ2v) is 4.84. The summed E-state index contributed by atoms with van der Waals surface area (Å²) in [5.74, 6) is 1.11. The first-order valence-electron chi connectivity index (χ1n) is 6.51. The van der Waals surface area contributed by atoms with Gasteiger partial charge < -0.3 is 9.88 Å². The SMILES string of the molecule is O=C(NCc1ccccc1)C1CCc2nncn2C1. The molecule has 0 saturated carbocycles. The fraction of sp³-hybridized carbons (Fsp3) is 0.357.